The molecule has 0 spiro atoms. The van der Waals surface area contributed by atoms with Gasteiger partial charge in [0.2, 0.25) is 0 Å². The second kappa shape index (κ2) is 10.6. The van der Waals surface area contributed by atoms with Gasteiger partial charge in [-0.3, -0.25) is 4.79 Å². The summed E-state index contributed by atoms with van der Waals surface area (Å²) in [6.07, 6.45) is 2.55. The maximum atomic E-state index is 13.2. The Morgan fingerprint density at radius 3 is 2.03 bits per heavy atom. The molecule has 0 saturated carbocycles. The third kappa shape index (κ3) is 5.70. The van der Waals surface area contributed by atoms with Crippen molar-refractivity contribution in [3.8, 4) is 0 Å². The number of pyridine rings is 1. The SMILES string of the molecule is CSc1ncccc1C(=O)OC(C)C(=O)N(Cc1ccccc1)Cc1ccccc1. The molecule has 1 atom stereocenters. The van der Waals surface area contributed by atoms with Crippen LogP contribution < -0.4 is 0 Å². The van der Waals surface area contributed by atoms with Crippen LogP contribution in [0.4, 0.5) is 0 Å². The van der Waals surface area contributed by atoms with Gasteiger partial charge in [0.25, 0.3) is 5.91 Å². The predicted molar refractivity (Wildman–Crippen MR) is 118 cm³/mol. The molecule has 0 aliphatic heterocycles. The Labute approximate surface area is 181 Å². The second-order valence-corrected chi connectivity index (χ2v) is 7.57. The van der Waals surface area contributed by atoms with Gasteiger partial charge in [-0.15, -0.1) is 11.8 Å². The van der Waals surface area contributed by atoms with E-state index in [1.807, 2.05) is 66.9 Å². The molecule has 3 rings (SSSR count). The summed E-state index contributed by atoms with van der Waals surface area (Å²) in [6, 6.07) is 22.9. The van der Waals surface area contributed by atoms with Gasteiger partial charge in [0.1, 0.15) is 5.03 Å². The van der Waals surface area contributed by atoms with E-state index in [2.05, 4.69) is 4.98 Å². The fourth-order valence-electron chi connectivity index (χ4n) is 3.06. The molecule has 0 radical (unpaired) electrons. The maximum Gasteiger partial charge on any atom is 0.341 e. The molecule has 0 fully saturated rings. The van der Waals surface area contributed by atoms with Crippen LogP contribution in [-0.2, 0) is 22.6 Å². The highest BCUT2D eigenvalue weighted by molar-refractivity contribution is 7.98. The van der Waals surface area contributed by atoms with Crippen LogP contribution in [0.25, 0.3) is 0 Å². The summed E-state index contributed by atoms with van der Waals surface area (Å²) in [5.41, 5.74) is 2.39. The van der Waals surface area contributed by atoms with Crippen LogP contribution in [0.2, 0.25) is 0 Å². The van der Waals surface area contributed by atoms with Gasteiger partial charge in [0.15, 0.2) is 6.10 Å². The predicted octanol–water partition coefficient (Wildman–Crippen LogP) is 4.58. The first-order chi connectivity index (χ1) is 14.6. The van der Waals surface area contributed by atoms with E-state index in [1.165, 1.54) is 11.8 Å². The van der Waals surface area contributed by atoms with Crippen LogP contribution in [0.3, 0.4) is 0 Å². The van der Waals surface area contributed by atoms with Crippen molar-refractivity contribution in [2.45, 2.75) is 31.1 Å². The second-order valence-electron chi connectivity index (χ2n) is 6.77. The number of rotatable bonds is 8. The van der Waals surface area contributed by atoms with Gasteiger partial charge >= 0.3 is 5.97 Å². The van der Waals surface area contributed by atoms with Crippen LogP contribution in [0.1, 0.15) is 28.4 Å². The summed E-state index contributed by atoms with van der Waals surface area (Å²) < 4.78 is 5.51. The molecule has 5 nitrogen and oxygen atoms in total. The van der Waals surface area contributed by atoms with Crippen molar-refractivity contribution in [2.24, 2.45) is 0 Å². The first-order valence-corrected chi connectivity index (χ1v) is 10.9. The van der Waals surface area contributed by atoms with E-state index in [-0.39, 0.29) is 5.91 Å². The first kappa shape index (κ1) is 21.6. The Morgan fingerprint density at radius 1 is 0.933 bits per heavy atom. The number of hydrogen-bond acceptors (Lipinski definition) is 5. The standard InChI is InChI=1S/C24H24N2O3S/c1-18(29-24(28)21-14-9-15-25-22(21)30-2)23(27)26(16-19-10-5-3-6-11-19)17-20-12-7-4-8-13-20/h3-15,18H,16-17H2,1-2H3. The molecule has 0 N–H and O–H groups in total. The van der Waals surface area contributed by atoms with Gasteiger partial charge in [-0.25, -0.2) is 9.78 Å². The molecular formula is C24H24N2O3S. The minimum absolute atomic E-state index is 0.245. The number of esters is 1. The maximum absolute atomic E-state index is 13.2. The number of nitrogens with zero attached hydrogens (tertiary/aromatic N) is 2. The number of thioether (sulfide) groups is 1. The van der Waals surface area contributed by atoms with Crippen molar-refractivity contribution in [3.63, 3.8) is 0 Å². The van der Waals surface area contributed by atoms with Crippen LogP contribution in [-0.4, -0.2) is 34.1 Å². The zero-order chi connectivity index (χ0) is 21.3. The summed E-state index contributed by atoms with van der Waals surface area (Å²) in [7, 11) is 0. The van der Waals surface area contributed by atoms with Gasteiger partial charge in [0.05, 0.1) is 5.56 Å². The molecule has 1 heterocycles. The molecule has 1 aromatic heterocycles. The molecule has 0 aliphatic rings. The number of hydrogen-bond donors (Lipinski definition) is 0. The molecule has 1 amide bonds. The zero-order valence-electron chi connectivity index (χ0n) is 17.0. The van der Waals surface area contributed by atoms with Gasteiger partial charge in [0, 0.05) is 19.3 Å². The molecule has 0 saturated heterocycles. The monoisotopic (exact) mass is 420 g/mol. The lowest BCUT2D eigenvalue weighted by atomic mass is 10.1. The summed E-state index contributed by atoms with van der Waals surface area (Å²) in [5, 5.41) is 0.576. The van der Waals surface area contributed by atoms with Crippen molar-refractivity contribution >= 4 is 23.6 Å². The van der Waals surface area contributed by atoms with Gasteiger partial charge in [-0.1, -0.05) is 60.7 Å². The van der Waals surface area contributed by atoms with Crippen molar-refractivity contribution in [3.05, 3.63) is 95.7 Å². The lowest BCUT2D eigenvalue weighted by molar-refractivity contribution is -0.141. The van der Waals surface area contributed by atoms with Crippen molar-refractivity contribution in [1.82, 2.24) is 9.88 Å². The minimum atomic E-state index is -0.917. The molecule has 2 aromatic carbocycles. The number of carbonyl (C=O) groups excluding carboxylic acids is 2. The van der Waals surface area contributed by atoms with Crippen LogP contribution in [0, 0.1) is 0 Å². The normalized spacial score (nSPS) is 11.5. The number of benzene rings is 2. The lowest BCUT2D eigenvalue weighted by Crippen LogP contribution is -2.39. The van der Waals surface area contributed by atoms with E-state index in [9.17, 15) is 9.59 Å². The van der Waals surface area contributed by atoms with Gasteiger partial charge < -0.3 is 9.64 Å². The fraction of sp³-hybridized carbons (Fsp3) is 0.208. The highest BCUT2D eigenvalue weighted by Gasteiger charge is 2.26. The number of carbonyl (C=O) groups is 2. The Morgan fingerprint density at radius 2 is 1.50 bits per heavy atom. The number of amides is 1. The highest BCUT2D eigenvalue weighted by atomic mass is 32.2. The Hall–Kier alpha value is -3.12. The van der Waals surface area contributed by atoms with Crippen molar-refractivity contribution in [1.29, 1.82) is 0 Å². The lowest BCUT2D eigenvalue weighted by Gasteiger charge is -2.26. The fourth-order valence-corrected chi connectivity index (χ4v) is 3.60. The van der Waals surface area contributed by atoms with E-state index < -0.39 is 12.1 Å². The number of aromatic nitrogens is 1. The van der Waals surface area contributed by atoms with E-state index in [0.29, 0.717) is 23.7 Å². The summed E-state index contributed by atoms with van der Waals surface area (Å²) in [6.45, 7) is 2.47. The van der Waals surface area contributed by atoms with E-state index in [4.69, 9.17) is 4.74 Å². The van der Waals surface area contributed by atoms with Gasteiger partial charge in [-0.05, 0) is 36.4 Å². The van der Waals surface area contributed by atoms with Crippen LogP contribution in [0.5, 0.6) is 0 Å². The summed E-state index contributed by atoms with van der Waals surface area (Å²) in [5.74, 6) is -0.793. The third-order valence-corrected chi connectivity index (χ3v) is 5.27. The minimum Gasteiger partial charge on any atom is -0.449 e. The Kier molecular flexibility index (Phi) is 7.63. The Bertz CT molecular complexity index is 939. The molecule has 30 heavy (non-hydrogen) atoms. The first-order valence-electron chi connectivity index (χ1n) is 9.65. The highest BCUT2D eigenvalue weighted by Crippen LogP contribution is 2.19. The zero-order valence-corrected chi connectivity index (χ0v) is 17.8. The van der Waals surface area contributed by atoms with E-state index in [0.717, 1.165) is 11.1 Å². The smallest absolute Gasteiger partial charge is 0.341 e. The average Bonchev–Trinajstić information content (AvgIpc) is 2.79. The average molecular weight is 421 g/mol. The summed E-state index contributed by atoms with van der Waals surface area (Å²) >= 11 is 1.36. The third-order valence-electron chi connectivity index (χ3n) is 4.56. The Balaban J connectivity index is 1.76. The van der Waals surface area contributed by atoms with Crippen molar-refractivity contribution < 1.29 is 14.3 Å². The molecular weight excluding hydrogens is 396 g/mol. The topological polar surface area (TPSA) is 59.5 Å². The molecule has 1 unspecified atom stereocenters. The van der Waals surface area contributed by atoms with E-state index in [1.54, 1.807) is 30.2 Å². The molecule has 154 valence electrons. The summed E-state index contributed by atoms with van der Waals surface area (Å²) in [4.78, 5) is 31.7. The van der Waals surface area contributed by atoms with E-state index >= 15 is 0 Å². The van der Waals surface area contributed by atoms with Crippen LogP contribution in [0.15, 0.2) is 84.0 Å². The van der Waals surface area contributed by atoms with Crippen LogP contribution >= 0.6 is 11.8 Å². The number of ether oxygens (including phenoxy) is 1. The van der Waals surface area contributed by atoms with Crippen molar-refractivity contribution in [2.75, 3.05) is 6.26 Å². The molecule has 0 bridgehead atoms. The molecule has 3 aromatic rings. The molecule has 0 aliphatic carbocycles. The van der Waals surface area contributed by atoms with Gasteiger partial charge in [-0.2, -0.15) is 0 Å². The molecule has 6 heteroatoms. The quantitative estimate of drug-likeness (QED) is 0.394. The largest absolute Gasteiger partial charge is 0.449 e.